The molecule has 0 aromatic carbocycles. The van der Waals surface area contributed by atoms with Crippen LogP contribution in [-0.4, -0.2) is 34.6 Å². The van der Waals surface area contributed by atoms with Crippen LogP contribution in [0.15, 0.2) is 0 Å². The predicted octanol–water partition coefficient (Wildman–Crippen LogP) is 2.27. The number of rotatable bonds is 5. The molecule has 0 spiro atoms. The third kappa shape index (κ3) is 4.17. The van der Waals surface area contributed by atoms with Crippen molar-refractivity contribution in [2.45, 2.75) is 13.8 Å². The molecule has 0 radical (unpaired) electrons. The van der Waals surface area contributed by atoms with E-state index in [-0.39, 0.29) is 0 Å². The van der Waals surface area contributed by atoms with Gasteiger partial charge in [-0.2, -0.15) is 0 Å². The van der Waals surface area contributed by atoms with Crippen LogP contribution in [-0.2, 0) is 9.05 Å². The summed E-state index contributed by atoms with van der Waals surface area (Å²) in [5.74, 6) is 0. The average Bonchev–Trinajstić information content (AvgIpc) is 1.89. The normalized spacial score (nSPS) is 11.9. The summed E-state index contributed by atoms with van der Waals surface area (Å²) in [5.41, 5.74) is 0. The Morgan fingerprint density at radius 1 is 1.30 bits per heavy atom. The topological polar surface area (TPSA) is 18.5 Å². The molecule has 0 aromatic heterocycles. The summed E-state index contributed by atoms with van der Waals surface area (Å²) in [6, 6.07) is 0. The first-order chi connectivity index (χ1) is 4.68. The van der Waals surface area contributed by atoms with Crippen LogP contribution >= 0.6 is 16.5 Å². The Balaban J connectivity index is 3.83. The van der Waals surface area contributed by atoms with Crippen LogP contribution in [0.3, 0.4) is 0 Å². The molecule has 0 bridgehead atoms. The Kier molecular flexibility index (Phi) is 6.53. The second-order valence-corrected chi connectivity index (χ2v) is 10.4. The molecule has 0 fully saturated rings. The average molecular weight is 247 g/mol. The van der Waals surface area contributed by atoms with E-state index in [1.54, 1.807) is 11.4 Å². The molecular weight excluding hydrogens is 234 g/mol. The number of hydrogen-bond donors (Lipinski definition) is 0. The summed E-state index contributed by atoms with van der Waals surface area (Å²) in [7, 11) is 0. The van der Waals surface area contributed by atoms with E-state index in [0.29, 0.717) is 13.2 Å². The van der Waals surface area contributed by atoms with E-state index in [9.17, 15) is 0 Å². The third-order valence-corrected chi connectivity index (χ3v) is 8.51. The molecule has 0 aromatic rings. The van der Waals surface area contributed by atoms with Crippen molar-refractivity contribution in [1.82, 2.24) is 0 Å². The van der Waals surface area contributed by atoms with E-state index in [4.69, 9.17) is 9.05 Å². The fraction of sp³-hybridized carbons (Fsp3) is 1.00. The molecule has 10 heavy (non-hydrogen) atoms. The van der Waals surface area contributed by atoms with Crippen molar-refractivity contribution in [1.29, 1.82) is 0 Å². The quantitative estimate of drug-likeness (QED) is 0.548. The second-order valence-electron chi connectivity index (χ2n) is 1.47. The van der Waals surface area contributed by atoms with Gasteiger partial charge in [0.1, 0.15) is 0 Å². The van der Waals surface area contributed by atoms with Crippen molar-refractivity contribution < 1.29 is 9.05 Å². The van der Waals surface area contributed by atoms with E-state index >= 15 is 0 Å². The van der Waals surface area contributed by atoms with Crippen LogP contribution in [0.2, 0.25) is 0 Å². The van der Waals surface area contributed by atoms with Crippen molar-refractivity contribution in [3.05, 3.63) is 0 Å². The minimum absolute atomic E-state index is 0.710. The van der Waals surface area contributed by atoms with Crippen LogP contribution in [0, 0.1) is 0 Å². The van der Waals surface area contributed by atoms with Gasteiger partial charge in [-0.15, -0.1) is 0 Å². The zero-order valence-corrected chi connectivity index (χ0v) is 9.92. The summed E-state index contributed by atoms with van der Waals surface area (Å²) >= 11 is 4.60. The van der Waals surface area contributed by atoms with Gasteiger partial charge < -0.3 is 0 Å². The predicted molar refractivity (Wildman–Crippen MR) is 49.4 cm³/mol. The van der Waals surface area contributed by atoms with Crippen molar-refractivity contribution >= 4 is 31.6 Å². The number of hydrogen-bond acceptors (Lipinski definition) is 3. The van der Waals surface area contributed by atoms with E-state index in [1.165, 1.54) is 0 Å². The summed E-state index contributed by atoms with van der Waals surface area (Å²) in [6.07, 6.45) is 2.00. The van der Waals surface area contributed by atoms with Gasteiger partial charge in [0.15, 0.2) is 0 Å². The Bertz CT molecular complexity index is 121. The Hall–Kier alpha value is 1.22. The standard InChI is InChI=1S/C5H13O2PSSe/c1-4-6-8(10,9-3)7-5-2/h4-5H2,1-3H3. The molecule has 2 nitrogen and oxygen atoms in total. The zero-order valence-electron chi connectivity index (χ0n) is 6.49. The van der Waals surface area contributed by atoms with E-state index < -0.39 is 5.16 Å². The first-order valence-corrected chi connectivity index (χ1v) is 8.80. The molecule has 0 aliphatic carbocycles. The van der Waals surface area contributed by atoms with Gasteiger partial charge in [-0.25, -0.2) is 0 Å². The third-order valence-electron chi connectivity index (χ3n) is 0.798. The fourth-order valence-electron chi connectivity index (χ4n) is 0.459. The Morgan fingerprint density at radius 2 is 1.70 bits per heavy atom. The zero-order chi connectivity index (χ0) is 8.04. The van der Waals surface area contributed by atoms with Crippen LogP contribution in [0.1, 0.15) is 13.8 Å². The first kappa shape index (κ1) is 11.2. The second kappa shape index (κ2) is 5.82. The minimum atomic E-state index is -1.66. The molecule has 0 aliphatic heterocycles. The molecule has 0 aliphatic rings. The Labute approximate surface area is 74.2 Å². The van der Waals surface area contributed by atoms with Gasteiger partial charge in [-0.3, -0.25) is 0 Å². The summed E-state index contributed by atoms with van der Waals surface area (Å²) in [5, 5.41) is -1.66. The summed E-state index contributed by atoms with van der Waals surface area (Å²) < 4.78 is 10.8. The molecular formula is C5H13O2PSSe. The molecule has 0 atom stereocenters. The van der Waals surface area contributed by atoms with Crippen molar-refractivity contribution in [2.24, 2.45) is 0 Å². The van der Waals surface area contributed by atoms with Crippen LogP contribution < -0.4 is 0 Å². The van der Waals surface area contributed by atoms with E-state index in [0.717, 1.165) is 0 Å². The summed E-state index contributed by atoms with van der Waals surface area (Å²) in [4.78, 5) is 0. The van der Waals surface area contributed by atoms with Crippen LogP contribution in [0.25, 0.3) is 0 Å². The van der Waals surface area contributed by atoms with Crippen LogP contribution in [0.5, 0.6) is 0 Å². The van der Waals surface area contributed by atoms with Gasteiger partial charge in [0.05, 0.1) is 0 Å². The van der Waals surface area contributed by atoms with Crippen molar-refractivity contribution in [3.63, 3.8) is 0 Å². The maximum atomic E-state index is 5.42. The van der Waals surface area contributed by atoms with Crippen molar-refractivity contribution in [2.75, 3.05) is 19.5 Å². The van der Waals surface area contributed by atoms with Gasteiger partial charge in [-0.1, -0.05) is 0 Å². The maximum absolute atomic E-state index is 5.42. The van der Waals surface area contributed by atoms with Gasteiger partial charge >= 0.3 is 74.0 Å². The van der Waals surface area contributed by atoms with Crippen molar-refractivity contribution in [3.8, 4) is 0 Å². The van der Waals surface area contributed by atoms with Gasteiger partial charge in [-0.05, 0) is 0 Å². The molecule has 0 rings (SSSR count). The van der Waals surface area contributed by atoms with E-state index in [2.05, 4.69) is 15.1 Å². The molecule has 0 saturated heterocycles. The van der Waals surface area contributed by atoms with Gasteiger partial charge in [0.25, 0.3) is 0 Å². The summed E-state index contributed by atoms with van der Waals surface area (Å²) in [6.45, 7) is 5.37. The van der Waals surface area contributed by atoms with Crippen LogP contribution in [0.4, 0.5) is 0 Å². The molecule has 0 heterocycles. The molecule has 0 amide bonds. The molecule has 5 heteroatoms. The van der Waals surface area contributed by atoms with Gasteiger partial charge in [0.2, 0.25) is 0 Å². The monoisotopic (exact) mass is 248 g/mol. The molecule has 0 saturated carbocycles. The van der Waals surface area contributed by atoms with E-state index in [1.807, 2.05) is 20.1 Å². The SMILES string of the molecule is CCOP(=[Se])(OCC)SC. The molecule has 0 N–H and O–H groups in total. The molecule has 62 valence electrons. The fourth-order valence-corrected chi connectivity index (χ4v) is 3.97. The first-order valence-electron chi connectivity index (χ1n) is 3.13. The molecule has 0 unspecified atom stereocenters. The Morgan fingerprint density at radius 3 is 1.90 bits per heavy atom. The van der Waals surface area contributed by atoms with Gasteiger partial charge in [0, 0.05) is 0 Å².